The molecule has 0 aliphatic heterocycles. The average molecular weight is 211 g/mol. The number of rotatable bonds is 5. The van der Waals surface area contributed by atoms with E-state index in [2.05, 4.69) is 25.7 Å². The number of amides is 1. The Morgan fingerprint density at radius 2 is 1.93 bits per heavy atom. The third-order valence-electron chi connectivity index (χ3n) is 3.11. The van der Waals surface area contributed by atoms with E-state index in [1.165, 1.54) is 25.7 Å². The third-order valence-corrected chi connectivity index (χ3v) is 3.11. The van der Waals surface area contributed by atoms with E-state index in [0.717, 1.165) is 19.4 Å². The number of hydrogen-bond acceptors (Lipinski definition) is 1. The standard InChI is InChI=1S/C13H25NO/c1-4-7-13(15)14(10-11(2)3)12-8-5-6-9-12/h11-12H,4-10H2,1-3H3. The monoisotopic (exact) mass is 211 g/mol. The van der Waals surface area contributed by atoms with Gasteiger partial charge < -0.3 is 4.90 Å². The van der Waals surface area contributed by atoms with Crippen LogP contribution in [0.5, 0.6) is 0 Å². The minimum atomic E-state index is 0.373. The summed E-state index contributed by atoms with van der Waals surface area (Å²) in [6, 6.07) is 0.548. The predicted octanol–water partition coefficient (Wildman–Crippen LogP) is 3.21. The van der Waals surface area contributed by atoms with E-state index >= 15 is 0 Å². The van der Waals surface area contributed by atoms with E-state index in [1.54, 1.807) is 0 Å². The van der Waals surface area contributed by atoms with Gasteiger partial charge in [0.1, 0.15) is 0 Å². The van der Waals surface area contributed by atoms with E-state index in [-0.39, 0.29) is 0 Å². The second-order valence-electron chi connectivity index (χ2n) is 5.13. The molecule has 1 saturated carbocycles. The van der Waals surface area contributed by atoms with Gasteiger partial charge in [-0.2, -0.15) is 0 Å². The lowest BCUT2D eigenvalue weighted by molar-refractivity contribution is -0.134. The summed E-state index contributed by atoms with van der Waals surface area (Å²) in [5, 5.41) is 0. The highest BCUT2D eigenvalue weighted by Gasteiger charge is 2.26. The molecular formula is C13H25NO. The summed E-state index contributed by atoms with van der Waals surface area (Å²) in [6.07, 6.45) is 6.76. The lowest BCUT2D eigenvalue weighted by atomic mass is 10.1. The fourth-order valence-electron chi connectivity index (χ4n) is 2.42. The Morgan fingerprint density at radius 3 is 2.40 bits per heavy atom. The molecule has 0 N–H and O–H groups in total. The molecule has 0 bridgehead atoms. The molecular weight excluding hydrogens is 186 g/mol. The Morgan fingerprint density at radius 1 is 1.33 bits per heavy atom. The molecule has 0 saturated heterocycles. The van der Waals surface area contributed by atoms with Crippen LogP contribution in [0.2, 0.25) is 0 Å². The summed E-state index contributed by atoms with van der Waals surface area (Å²) in [4.78, 5) is 14.1. The van der Waals surface area contributed by atoms with Crippen LogP contribution in [-0.4, -0.2) is 23.4 Å². The van der Waals surface area contributed by atoms with Crippen molar-refractivity contribution >= 4 is 5.91 Å². The van der Waals surface area contributed by atoms with Crippen molar-refractivity contribution in [2.45, 2.75) is 65.3 Å². The molecule has 0 aromatic rings. The molecule has 0 spiro atoms. The zero-order valence-corrected chi connectivity index (χ0v) is 10.5. The molecule has 1 aliphatic rings. The van der Waals surface area contributed by atoms with Gasteiger partial charge in [-0.25, -0.2) is 0 Å². The zero-order valence-electron chi connectivity index (χ0n) is 10.5. The van der Waals surface area contributed by atoms with E-state index in [4.69, 9.17) is 0 Å². The molecule has 0 unspecified atom stereocenters. The lowest BCUT2D eigenvalue weighted by Gasteiger charge is -2.30. The van der Waals surface area contributed by atoms with Crippen LogP contribution in [0.1, 0.15) is 59.3 Å². The summed E-state index contributed by atoms with van der Waals surface area (Å²) in [5.41, 5.74) is 0. The van der Waals surface area contributed by atoms with Gasteiger partial charge in [0.25, 0.3) is 0 Å². The SMILES string of the molecule is CCCC(=O)N(CC(C)C)C1CCCC1. The van der Waals surface area contributed by atoms with Gasteiger partial charge in [0, 0.05) is 19.0 Å². The number of carbonyl (C=O) groups excluding carboxylic acids is 1. The van der Waals surface area contributed by atoms with Gasteiger partial charge >= 0.3 is 0 Å². The quantitative estimate of drug-likeness (QED) is 0.684. The van der Waals surface area contributed by atoms with Crippen molar-refractivity contribution in [1.29, 1.82) is 0 Å². The van der Waals surface area contributed by atoms with E-state index in [9.17, 15) is 4.79 Å². The van der Waals surface area contributed by atoms with Crippen molar-refractivity contribution < 1.29 is 4.79 Å². The first-order valence-electron chi connectivity index (χ1n) is 6.44. The highest BCUT2D eigenvalue weighted by molar-refractivity contribution is 5.76. The van der Waals surface area contributed by atoms with Gasteiger partial charge in [-0.1, -0.05) is 33.6 Å². The second kappa shape index (κ2) is 6.14. The van der Waals surface area contributed by atoms with Gasteiger partial charge in [0.2, 0.25) is 5.91 Å². The second-order valence-corrected chi connectivity index (χ2v) is 5.13. The maximum Gasteiger partial charge on any atom is 0.222 e. The Hall–Kier alpha value is -0.530. The maximum atomic E-state index is 12.0. The first kappa shape index (κ1) is 12.5. The van der Waals surface area contributed by atoms with E-state index in [1.807, 2.05) is 0 Å². The molecule has 0 aromatic heterocycles. The first-order valence-corrected chi connectivity index (χ1v) is 6.44. The minimum Gasteiger partial charge on any atom is -0.339 e. The van der Waals surface area contributed by atoms with Crippen LogP contribution in [0.4, 0.5) is 0 Å². The summed E-state index contributed by atoms with van der Waals surface area (Å²) >= 11 is 0. The fraction of sp³-hybridized carbons (Fsp3) is 0.923. The Kier molecular flexibility index (Phi) is 5.13. The van der Waals surface area contributed by atoms with Crippen molar-refractivity contribution in [3.05, 3.63) is 0 Å². The van der Waals surface area contributed by atoms with Gasteiger partial charge in [-0.15, -0.1) is 0 Å². The van der Waals surface area contributed by atoms with Crippen molar-refractivity contribution in [3.63, 3.8) is 0 Å². The largest absolute Gasteiger partial charge is 0.339 e. The Labute approximate surface area is 94.0 Å². The molecule has 1 rings (SSSR count). The summed E-state index contributed by atoms with van der Waals surface area (Å²) in [5.74, 6) is 0.963. The van der Waals surface area contributed by atoms with Crippen molar-refractivity contribution in [2.75, 3.05) is 6.54 Å². The average Bonchev–Trinajstić information content (AvgIpc) is 2.66. The van der Waals surface area contributed by atoms with Crippen LogP contribution < -0.4 is 0 Å². The maximum absolute atomic E-state index is 12.0. The van der Waals surface area contributed by atoms with Gasteiger partial charge in [0.05, 0.1) is 0 Å². The first-order chi connectivity index (χ1) is 7.15. The number of nitrogens with zero attached hydrogens (tertiary/aromatic N) is 1. The molecule has 1 fully saturated rings. The molecule has 15 heavy (non-hydrogen) atoms. The molecule has 0 heterocycles. The molecule has 0 aromatic carbocycles. The molecule has 0 atom stereocenters. The Bertz CT molecular complexity index is 195. The Balaban J connectivity index is 2.54. The lowest BCUT2D eigenvalue weighted by Crippen LogP contribution is -2.41. The van der Waals surface area contributed by atoms with Gasteiger partial charge in [0.15, 0.2) is 0 Å². The topological polar surface area (TPSA) is 20.3 Å². The molecule has 0 radical (unpaired) electrons. The van der Waals surface area contributed by atoms with Crippen molar-refractivity contribution in [3.8, 4) is 0 Å². The van der Waals surface area contributed by atoms with Crippen molar-refractivity contribution in [1.82, 2.24) is 4.90 Å². The predicted molar refractivity (Wildman–Crippen MR) is 63.7 cm³/mol. The number of hydrogen-bond donors (Lipinski definition) is 0. The highest BCUT2D eigenvalue weighted by atomic mass is 16.2. The van der Waals surface area contributed by atoms with Crippen LogP contribution in [0.25, 0.3) is 0 Å². The molecule has 1 amide bonds. The molecule has 1 aliphatic carbocycles. The van der Waals surface area contributed by atoms with Crippen LogP contribution in [0.3, 0.4) is 0 Å². The molecule has 2 heteroatoms. The third kappa shape index (κ3) is 3.84. The normalized spacial score (nSPS) is 17.3. The summed E-state index contributed by atoms with van der Waals surface area (Å²) in [7, 11) is 0. The van der Waals surface area contributed by atoms with E-state index < -0.39 is 0 Å². The smallest absolute Gasteiger partial charge is 0.222 e. The van der Waals surface area contributed by atoms with Crippen LogP contribution in [-0.2, 0) is 4.79 Å². The van der Waals surface area contributed by atoms with Crippen LogP contribution in [0, 0.1) is 5.92 Å². The van der Waals surface area contributed by atoms with Gasteiger partial charge in [-0.3, -0.25) is 4.79 Å². The van der Waals surface area contributed by atoms with Crippen LogP contribution in [0.15, 0.2) is 0 Å². The highest BCUT2D eigenvalue weighted by Crippen LogP contribution is 2.25. The van der Waals surface area contributed by atoms with Gasteiger partial charge in [-0.05, 0) is 25.2 Å². The fourth-order valence-corrected chi connectivity index (χ4v) is 2.42. The van der Waals surface area contributed by atoms with Crippen LogP contribution >= 0.6 is 0 Å². The molecule has 88 valence electrons. The van der Waals surface area contributed by atoms with E-state index in [0.29, 0.717) is 17.9 Å². The summed E-state index contributed by atoms with van der Waals surface area (Å²) < 4.78 is 0. The zero-order chi connectivity index (χ0) is 11.3. The summed E-state index contributed by atoms with van der Waals surface area (Å²) in [6.45, 7) is 7.42. The van der Waals surface area contributed by atoms with Crippen molar-refractivity contribution in [2.24, 2.45) is 5.92 Å². The minimum absolute atomic E-state index is 0.373. The molecule has 2 nitrogen and oxygen atoms in total. The number of carbonyl (C=O) groups is 1.